The molecule has 4 rings (SSSR count). The molecule has 0 bridgehead atoms. The Morgan fingerprint density at radius 3 is 2.66 bits per heavy atom. The van der Waals surface area contributed by atoms with Crippen LogP contribution in [0.15, 0.2) is 60.7 Å². The molecule has 1 fully saturated rings. The van der Waals surface area contributed by atoms with Crippen LogP contribution >= 0.6 is 23.2 Å². The first-order valence-corrected chi connectivity index (χ1v) is 10.5. The van der Waals surface area contributed by atoms with E-state index in [0.717, 1.165) is 17.7 Å². The molecule has 0 radical (unpaired) electrons. The number of anilines is 1. The lowest BCUT2D eigenvalue weighted by Crippen LogP contribution is -2.52. The summed E-state index contributed by atoms with van der Waals surface area (Å²) < 4.78 is 0. The minimum absolute atomic E-state index is 0.0338. The summed E-state index contributed by atoms with van der Waals surface area (Å²) in [7, 11) is 0. The lowest BCUT2D eigenvalue weighted by Gasteiger charge is -2.41. The van der Waals surface area contributed by atoms with Gasteiger partial charge in [-0.15, -0.1) is 0 Å². The van der Waals surface area contributed by atoms with Gasteiger partial charge in [-0.3, -0.25) is 9.59 Å². The first kappa shape index (κ1) is 20.0. The number of hydrogen-bond acceptors (Lipinski definition) is 2. The molecule has 1 aliphatic carbocycles. The molecular weight excluding hydrogens is 407 g/mol. The third kappa shape index (κ3) is 4.19. The van der Waals surface area contributed by atoms with Gasteiger partial charge < -0.3 is 10.2 Å². The smallest absolute Gasteiger partial charge is 0.231 e. The monoisotopic (exact) mass is 428 g/mol. The van der Waals surface area contributed by atoms with Gasteiger partial charge in [0.2, 0.25) is 11.8 Å². The molecule has 150 valence electrons. The number of carbonyl (C=O) groups is 2. The topological polar surface area (TPSA) is 49.4 Å². The van der Waals surface area contributed by atoms with Crippen LogP contribution in [0.4, 0.5) is 5.69 Å². The fraction of sp³-hybridized carbons (Fsp3) is 0.304. The van der Waals surface area contributed by atoms with Crippen LogP contribution in [0.1, 0.15) is 18.4 Å². The van der Waals surface area contributed by atoms with Gasteiger partial charge in [-0.05, 0) is 48.6 Å². The maximum Gasteiger partial charge on any atom is 0.231 e. The maximum atomic E-state index is 13.3. The molecule has 2 aromatic rings. The zero-order valence-electron chi connectivity index (χ0n) is 15.9. The van der Waals surface area contributed by atoms with Gasteiger partial charge in [-0.1, -0.05) is 59.6 Å². The van der Waals surface area contributed by atoms with Gasteiger partial charge in [0.15, 0.2) is 0 Å². The Balaban J connectivity index is 1.49. The molecule has 2 aliphatic rings. The molecule has 1 aliphatic heterocycles. The highest BCUT2D eigenvalue weighted by atomic mass is 35.5. The summed E-state index contributed by atoms with van der Waals surface area (Å²) >= 11 is 12.0. The van der Waals surface area contributed by atoms with Gasteiger partial charge in [-0.25, -0.2) is 0 Å². The molecule has 29 heavy (non-hydrogen) atoms. The minimum Gasteiger partial charge on any atom is -0.352 e. The van der Waals surface area contributed by atoms with Crippen LogP contribution in [0.5, 0.6) is 0 Å². The van der Waals surface area contributed by atoms with Crippen molar-refractivity contribution < 1.29 is 9.59 Å². The third-order valence-corrected chi connectivity index (χ3v) is 6.50. The van der Waals surface area contributed by atoms with Crippen LogP contribution in [-0.2, 0) is 16.1 Å². The van der Waals surface area contributed by atoms with Crippen molar-refractivity contribution in [1.82, 2.24) is 5.32 Å². The van der Waals surface area contributed by atoms with Gasteiger partial charge in [0.05, 0.1) is 21.9 Å². The number of carbonyl (C=O) groups excluding carboxylic acids is 2. The molecule has 2 amide bonds. The molecule has 3 atom stereocenters. The summed E-state index contributed by atoms with van der Waals surface area (Å²) in [5.41, 5.74) is 1.76. The van der Waals surface area contributed by atoms with Crippen molar-refractivity contribution in [2.45, 2.75) is 19.4 Å². The summed E-state index contributed by atoms with van der Waals surface area (Å²) in [6.07, 6.45) is 5.57. The van der Waals surface area contributed by atoms with Gasteiger partial charge in [0, 0.05) is 18.8 Å². The van der Waals surface area contributed by atoms with E-state index in [4.69, 9.17) is 23.2 Å². The summed E-state index contributed by atoms with van der Waals surface area (Å²) in [5.74, 6) is -0.656. The molecule has 0 spiro atoms. The second-order valence-electron chi connectivity index (χ2n) is 7.54. The van der Waals surface area contributed by atoms with Crippen molar-refractivity contribution in [3.8, 4) is 0 Å². The number of halogens is 2. The molecule has 1 heterocycles. The minimum atomic E-state index is -0.369. The van der Waals surface area contributed by atoms with E-state index < -0.39 is 0 Å². The van der Waals surface area contributed by atoms with Crippen molar-refractivity contribution >= 4 is 40.7 Å². The van der Waals surface area contributed by atoms with Crippen LogP contribution in [0, 0.1) is 17.8 Å². The summed E-state index contributed by atoms with van der Waals surface area (Å²) in [5, 5.41) is 3.92. The zero-order valence-corrected chi connectivity index (χ0v) is 17.4. The van der Waals surface area contributed by atoms with E-state index in [1.807, 2.05) is 47.4 Å². The van der Waals surface area contributed by atoms with Crippen LogP contribution in [0.2, 0.25) is 10.0 Å². The van der Waals surface area contributed by atoms with Gasteiger partial charge in [0.25, 0.3) is 0 Å². The molecule has 4 nitrogen and oxygen atoms in total. The van der Waals surface area contributed by atoms with E-state index in [0.29, 0.717) is 29.6 Å². The Hall–Kier alpha value is -2.30. The quantitative estimate of drug-likeness (QED) is 0.707. The van der Waals surface area contributed by atoms with Crippen molar-refractivity contribution in [3.05, 3.63) is 76.3 Å². The van der Waals surface area contributed by atoms with E-state index in [-0.39, 0.29) is 29.6 Å². The number of piperidine rings is 1. The summed E-state index contributed by atoms with van der Waals surface area (Å²) in [6, 6.07) is 15.0. The number of benzene rings is 2. The number of para-hydroxylation sites is 1. The highest BCUT2D eigenvalue weighted by Crippen LogP contribution is 2.39. The van der Waals surface area contributed by atoms with E-state index in [2.05, 4.69) is 11.4 Å². The molecular formula is C23H22Cl2N2O2. The van der Waals surface area contributed by atoms with Gasteiger partial charge >= 0.3 is 0 Å². The Labute approximate surface area is 180 Å². The number of allylic oxidation sites excluding steroid dienone is 2. The van der Waals surface area contributed by atoms with Crippen molar-refractivity contribution in [3.63, 3.8) is 0 Å². The molecule has 6 heteroatoms. The normalized spacial score (nSPS) is 23.6. The van der Waals surface area contributed by atoms with E-state index in [1.165, 1.54) is 0 Å². The number of nitrogens with one attached hydrogen (secondary N) is 1. The SMILES string of the molecule is O=C(NCc1ccc(Cl)c(Cl)c1)[C@H]1CC=C[C@H]2CCN(c3ccccc3)C(=O)[C@@H]12. The largest absolute Gasteiger partial charge is 0.352 e. The van der Waals surface area contributed by atoms with E-state index >= 15 is 0 Å². The average molecular weight is 429 g/mol. The van der Waals surface area contributed by atoms with Crippen LogP contribution < -0.4 is 10.2 Å². The highest BCUT2D eigenvalue weighted by Gasteiger charge is 2.44. The van der Waals surface area contributed by atoms with Crippen LogP contribution in [-0.4, -0.2) is 18.4 Å². The first-order valence-electron chi connectivity index (χ1n) is 9.79. The van der Waals surface area contributed by atoms with Crippen molar-refractivity contribution in [1.29, 1.82) is 0 Å². The standard InChI is InChI=1S/C23H22Cl2N2O2/c24-19-10-9-15(13-20(19)25)14-26-22(28)18-8-4-5-16-11-12-27(23(29)21(16)18)17-6-2-1-3-7-17/h1-7,9-10,13,16,18,21H,8,11-12,14H2,(H,26,28)/t16-,18-,21+/m0/s1. The zero-order chi connectivity index (χ0) is 20.4. The molecule has 1 N–H and O–H groups in total. The lowest BCUT2D eigenvalue weighted by molar-refractivity contribution is -0.136. The summed E-state index contributed by atoms with van der Waals surface area (Å²) in [6.45, 7) is 1.02. The second-order valence-corrected chi connectivity index (χ2v) is 8.35. The predicted octanol–water partition coefficient (Wildman–Crippen LogP) is 4.86. The fourth-order valence-corrected chi connectivity index (χ4v) is 4.59. The molecule has 2 aromatic carbocycles. The Morgan fingerprint density at radius 1 is 1.10 bits per heavy atom. The van der Waals surface area contributed by atoms with Crippen molar-refractivity contribution in [2.75, 3.05) is 11.4 Å². The molecule has 0 unspecified atom stereocenters. The Bertz CT molecular complexity index is 945. The number of rotatable bonds is 4. The number of fused-ring (bicyclic) bond motifs is 1. The fourth-order valence-electron chi connectivity index (χ4n) is 4.27. The molecule has 1 saturated heterocycles. The lowest BCUT2D eigenvalue weighted by atomic mass is 9.71. The van der Waals surface area contributed by atoms with Crippen LogP contribution in [0.25, 0.3) is 0 Å². The van der Waals surface area contributed by atoms with Gasteiger partial charge in [-0.2, -0.15) is 0 Å². The van der Waals surface area contributed by atoms with Gasteiger partial charge in [0.1, 0.15) is 0 Å². The maximum absolute atomic E-state index is 13.3. The number of nitrogens with zero attached hydrogens (tertiary/aromatic N) is 1. The van der Waals surface area contributed by atoms with E-state index in [1.54, 1.807) is 12.1 Å². The highest BCUT2D eigenvalue weighted by molar-refractivity contribution is 6.42. The Morgan fingerprint density at radius 2 is 1.90 bits per heavy atom. The number of amides is 2. The summed E-state index contributed by atoms with van der Waals surface area (Å²) in [4.78, 5) is 28.1. The van der Waals surface area contributed by atoms with E-state index in [9.17, 15) is 9.59 Å². The third-order valence-electron chi connectivity index (χ3n) is 5.76. The van der Waals surface area contributed by atoms with Crippen LogP contribution in [0.3, 0.4) is 0 Å². The average Bonchev–Trinajstić information content (AvgIpc) is 2.75. The molecule has 0 aromatic heterocycles. The predicted molar refractivity (Wildman–Crippen MR) is 116 cm³/mol. The number of hydrogen-bond donors (Lipinski definition) is 1. The molecule has 0 saturated carbocycles. The van der Waals surface area contributed by atoms with Crippen molar-refractivity contribution in [2.24, 2.45) is 17.8 Å². The Kier molecular flexibility index (Phi) is 5.93. The second kappa shape index (κ2) is 8.60. The first-order chi connectivity index (χ1) is 14.0.